The average molecular weight is 367 g/mol. The minimum atomic E-state index is -1.68. The number of aromatic carboxylic acids is 4. The third-order valence-corrected chi connectivity index (χ3v) is 3.28. The fraction of sp³-hybridized carbons (Fsp3) is 0. The Kier molecular flexibility index (Phi) is 5.86. The first-order valence-electron chi connectivity index (χ1n) is 6.45. The summed E-state index contributed by atoms with van der Waals surface area (Å²) in [6, 6.07) is 7.84. The summed E-state index contributed by atoms with van der Waals surface area (Å²) in [7, 11) is 0. The smallest absolute Gasteiger partial charge is 0.337 e. The van der Waals surface area contributed by atoms with Crippen LogP contribution in [-0.4, -0.2) is 44.3 Å². The molecule has 0 aliphatic rings. The molecule has 8 nitrogen and oxygen atoms in total. The highest BCUT2D eigenvalue weighted by molar-refractivity contribution is 6.15. The highest BCUT2D eigenvalue weighted by Gasteiger charge is 2.31. The molecule has 0 amide bonds. The van der Waals surface area contributed by atoms with E-state index in [-0.39, 0.29) is 18.0 Å². The number of hydrogen-bond donors (Lipinski definition) is 4. The van der Waals surface area contributed by atoms with E-state index in [1.54, 1.807) is 6.07 Å². The number of rotatable bonds is 5. The van der Waals surface area contributed by atoms with Gasteiger partial charge in [0, 0.05) is 5.56 Å². The van der Waals surface area contributed by atoms with Gasteiger partial charge in [0.2, 0.25) is 0 Å². The van der Waals surface area contributed by atoms with Crippen LogP contribution < -0.4 is 0 Å². The maximum atomic E-state index is 11.6. The maximum Gasteiger partial charge on any atom is 0.337 e. The Hall–Kier alpha value is -3.39. The summed E-state index contributed by atoms with van der Waals surface area (Å²) < 4.78 is 0. The van der Waals surface area contributed by atoms with Crippen LogP contribution >= 0.6 is 12.4 Å². The monoisotopic (exact) mass is 366 g/mol. The molecule has 2 rings (SSSR count). The highest BCUT2D eigenvalue weighted by Crippen LogP contribution is 2.33. The van der Waals surface area contributed by atoms with Gasteiger partial charge in [-0.15, -0.1) is 12.4 Å². The molecule has 0 radical (unpaired) electrons. The van der Waals surface area contributed by atoms with Gasteiger partial charge in [-0.1, -0.05) is 30.3 Å². The second kappa shape index (κ2) is 7.45. The number of halogens is 1. The van der Waals surface area contributed by atoms with E-state index in [2.05, 4.69) is 0 Å². The molecule has 9 heteroatoms. The van der Waals surface area contributed by atoms with Crippen LogP contribution in [0.3, 0.4) is 0 Å². The Morgan fingerprint density at radius 1 is 0.640 bits per heavy atom. The largest absolute Gasteiger partial charge is 0.478 e. The van der Waals surface area contributed by atoms with Crippen LogP contribution in [0.5, 0.6) is 0 Å². The molecular formula is C16H11ClO8. The number of benzene rings is 2. The Labute approximate surface area is 146 Å². The predicted octanol–water partition coefficient (Wildman–Crippen LogP) is 2.57. The number of hydrogen-bond acceptors (Lipinski definition) is 4. The van der Waals surface area contributed by atoms with Crippen molar-refractivity contribution in [1.29, 1.82) is 0 Å². The SMILES string of the molecule is Cl.O=C(O)c1cc(C(=O)O)c(C(=O)O)c(-c2ccccc2)c1C(=O)O. The topological polar surface area (TPSA) is 149 Å². The molecule has 0 aromatic heterocycles. The molecule has 0 unspecified atom stereocenters. The van der Waals surface area contributed by atoms with Crippen LogP contribution in [0.2, 0.25) is 0 Å². The Morgan fingerprint density at radius 2 is 1.04 bits per heavy atom. The molecule has 0 saturated heterocycles. The van der Waals surface area contributed by atoms with E-state index in [1.165, 1.54) is 24.3 Å². The molecule has 0 bridgehead atoms. The van der Waals surface area contributed by atoms with Gasteiger partial charge in [0.1, 0.15) is 0 Å². The van der Waals surface area contributed by atoms with Crippen molar-refractivity contribution in [2.75, 3.05) is 0 Å². The van der Waals surface area contributed by atoms with Gasteiger partial charge in [-0.05, 0) is 11.6 Å². The molecule has 0 heterocycles. The van der Waals surface area contributed by atoms with Crippen molar-refractivity contribution in [2.24, 2.45) is 0 Å². The average Bonchev–Trinajstić information content (AvgIpc) is 2.52. The Balaban J connectivity index is 0.00000312. The standard InChI is InChI=1S/C16H10O8.ClH/c17-13(18)8-6-9(14(19)20)12(16(23)24)10(11(8)15(21)22)7-4-2-1-3-5-7;/h1-6H,(H,17,18)(H,19,20)(H,21,22)(H,23,24);1H. The van der Waals surface area contributed by atoms with E-state index in [9.17, 15) is 39.6 Å². The Bertz CT molecular complexity index is 823. The van der Waals surface area contributed by atoms with E-state index in [1.807, 2.05) is 0 Å². The summed E-state index contributed by atoms with van der Waals surface area (Å²) in [4.78, 5) is 45.9. The molecule has 4 N–H and O–H groups in total. The maximum absolute atomic E-state index is 11.6. The lowest BCUT2D eigenvalue weighted by Crippen LogP contribution is -2.18. The van der Waals surface area contributed by atoms with E-state index < -0.39 is 51.7 Å². The van der Waals surface area contributed by atoms with Gasteiger partial charge in [0.05, 0.1) is 22.3 Å². The van der Waals surface area contributed by atoms with Crippen molar-refractivity contribution in [1.82, 2.24) is 0 Å². The van der Waals surface area contributed by atoms with Crippen LogP contribution in [-0.2, 0) is 0 Å². The second-order valence-electron chi connectivity index (χ2n) is 4.68. The molecule has 0 atom stereocenters. The number of carboxylic acid groups (broad SMARTS) is 4. The lowest BCUT2D eigenvalue weighted by molar-refractivity contribution is 0.0638. The fourth-order valence-electron chi connectivity index (χ4n) is 2.36. The molecule has 2 aromatic rings. The first-order valence-corrected chi connectivity index (χ1v) is 6.45. The Morgan fingerprint density at radius 3 is 1.36 bits per heavy atom. The highest BCUT2D eigenvalue weighted by atomic mass is 35.5. The van der Waals surface area contributed by atoms with Crippen LogP contribution in [0.25, 0.3) is 11.1 Å². The molecule has 2 aromatic carbocycles. The zero-order chi connectivity index (χ0) is 18.0. The van der Waals surface area contributed by atoms with Crippen LogP contribution in [0.15, 0.2) is 36.4 Å². The normalized spacial score (nSPS) is 9.76. The van der Waals surface area contributed by atoms with Crippen molar-refractivity contribution < 1.29 is 39.6 Å². The van der Waals surface area contributed by atoms with E-state index in [0.717, 1.165) is 0 Å². The quantitative estimate of drug-likeness (QED) is 0.630. The lowest BCUT2D eigenvalue weighted by atomic mass is 9.87. The molecule has 0 fully saturated rings. The molecule has 0 aliphatic carbocycles. The van der Waals surface area contributed by atoms with Crippen molar-refractivity contribution in [3.05, 3.63) is 58.7 Å². The van der Waals surface area contributed by atoms with E-state index in [4.69, 9.17) is 0 Å². The first-order chi connectivity index (χ1) is 11.3. The molecule has 0 saturated carbocycles. The minimum absolute atomic E-state index is 0. The zero-order valence-electron chi connectivity index (χ0n) is 12.3. The molecule has 130 valence electrons. The number of carbonyl (C=O) groups is 4. The van der Waals surface area contributed by atoms with Crippen molar-refractivity contribution >= 4 is 36.3 Å². The fourth-order valence-corrected chi connectivity index (χ4v) is 2.36. The second-order valence-corrected chi connectivity index (χ2v) is 4.68. The summed E-state index contributed by atoms with van der Waals surface area (Å²) in [5.74, 6) is -6.70. The van der Waals surface area contributed by atoms with Gasteiger partial charge in [0.15, 0.2) is 0 Å². The third kappa shape index (κ3) is 3.59. The van der Waals surface area contributed by atoms with Gasteiger partial charge in [0.25, 0.3) is 0 Å². The number of carboxylic acids is 4. The predicted molar refractivity (Wildman–Crippen MR) is 87.0 cm³/mol. The summed E-state index contributed by atoms with van der Waals surface area (Å²) in [5, 5.41) is 37.2. The lowest BCUT2D eigenvalue weighted by Gasteiger charge is -2.15. The summed E-state index contributed by atoms with van der Waals surface area (Å²) in [5.41, 5.74) is -3.55. The zero-order valence-corrected chi connectivity index (χ0v) is 13.1. The summed E-state index contributed by atoms with van der Waals surface area (Å²) in [6.07, 6.45) is 0. The molecule has 0 spiro atoms. The van der Waals surface area contributed by atoms with Gasteiger partial charge < -0.3 is 20.4 Å². The van der Waals surface area contributed by atoms with Crippen molar-refractivity contribution in [3.63, 3.8) is 0 Å². The van der Waals surface area contributed by atoms with Gasteiger partial charge in [-0.25, -0.2) is 19.2 Å². The van der Waals surface area contributed by atoms with Crippen molar-refractivity contribution in [2.45, 2.75) is 0 Å². The molecule has 0 aliphatic heterocycles. The van der Waals surface area contributed by atoms with E-state index >= 15 is 0 Å². The van der Waals surface area contributed by atoms with Gasteiger partial charge >= 0.3 is 23.9 Å². The van der Waals surface area contributed by atoms with Gasteiger partial charge in [-0.3, -0.25) is 0 Å². The minimum Gasteiger partial charge on any atom is -0.478 e. The first kappa shape index (κ1) is 19.7. The summed E-state index contributed by atoms with van der Waals surface area (Å²) in [6.45, 7) is 0. The van der Waals surface area contributed by atoms with Crippen LogP contribution in [0.1, 0.15) is 41.4 Å². The van der Waals surface area contributed by atoms with E-state index in [0.29, 0.717) is 6.07 Å². The summed E-state index contributed by atoms with van der Waals surface area (Å²) >= 11 is 0. The van der Waals surface area contributed by atoms with Crippen molar-refractivity contribution in [3.8, 4) is 11.1 Å². The van der Waals surface area contributed by atoms with Crippen LogP contribution in [0.4, 0.5) is 0 Å². The van der Waals surface area contributed by atoms with Crippen LogP contribution in [0, 0.1) is 0 Å². The molecule has 25 heavy (non-hydrogen) atoms. The molecular weight excluding hydrogens is 356 g/mol. The third-order valence-electron chi connectivity index (χ3n) is 3.28. The van der Waals surface area contributed by atoms with Gasteiger partial charge in [-0.2, -0.15) is 0 Å².